The Kier molecular flexibility index (Phi) is 6.03. The van der Waals surface area contributed by atoms with E-state index in [-0.39, 0.29) is 12.2 Å². The Labute approximate surface area is 199 Å². The predicted octanol–water partition coefficient (Wildman–Crippen LogP) is 3.46. The Morgan fingerprint density at radius 3 is 2.64 bits per heavy atom. The number of ether oxygens (including phenoxy) is 1. The molecule has 0 bridgehead atoms. The van der Waals surface area contributed by atoms with Crippen LogP contribution >= 0.6 is 22.7 Å². The molecule has 33 heavy (non-hydrogen) atoms. The zero-order valence-electron chi connectivity index (χ0n) is 18.6. The number of thiazole rings is 1. The summed E-state index contributed by atoms with van der Waals surface area (Å²) in [5, 5.41) is 1.95. The maximum absolute atomic E-state index is 13.5. The fourth-order valence-corrected chi connectivity index (χ4v) is 6.29. The number of nitrogens with zero attached hydrogens (tertiary/aromatic N) is 3. The van der Waals surface area contributed by atoms with Crippen molar-refractivity contribution < 1.29 is 9.53 Å². The normalized spacial score (nSPS) is 18.4. The van der Waals surface area contributed by atoms with Gasteiger partial charge in [0, 0.05) is 23.7 Å². The van der Waals surface area contributed by atoms with Crippen LogP contribution in [0.4, 0.5) is 5.69 Å². The van der Waals surface area contributed by atoms with E-state index in [2.05, 4.69) is 34.2 Å². The Morgan fingerprint density at radius 1 is 1.21 bits per heavy atom. The van der Waals surface area contributed by atoms with Gasteiger partial charge in [-0.3, -0.25) is 9.36 Å². The summed E-state index contributed by atoms with van der Waals surface area (Å²) in [5.41, 5.74) is 3.06. The molecule has 2 aliphatic rings. The molecule has 4 heterocycles. The number of allylic oxidation sites excluding steroid dienone is 1. The largest absolute Gasteiger partial charge is 0.463 e. The molecule has 8 heteroatoms. The third-order valence-corrected chi connectivity index (χ3v) is 7.90. The van der Waals surface area contributed by atoms with E-state index in [1.54, 1.807) is 18.4 Å². The smallest absolute Gasteiger partial charge is 0.338 e. The molecule has 0 saturated carbocycles. The van der Waals surface area contributed by atoms with Crippen LogP contribution < -0.4 is 19.8 Å². The molecule has 5 rings (SSSR count). The lowest BCUT2D eigenvalue weighted by Crippen LogP contribution is -2.39. The van der Waals surface area contributed by atoms with Gasteiger partial charge in [-0.15, -0.1) is 11.3 Å². The highest BCUT2D eigenvalue weighted by atomic mass is 32.1. The summed E-state index contributed by atoms with van der Waals surface area (Å²) in [5.74, 6) is -0.427. The van der Waals surface area contributed by atoms with Crippen LogP contribution in [0.5, 0.6) is 0 Å². The molecule has 1 aromatic carbocycles. The van der Waals surface area contributed by atoms with Crippen LogP contribution in [0.25, 0.3) is 6.08 Å². The van der Waals surface area contributed by atoms with Gasteiger partial charge in [-0.05, 0) is 61.9 Å². The number of fused-ring (bicyclic) bond motifs is 1. The number of aromatic nitrogens is 1. The molecule has 3 aromatic rings. The van der Waals surface area contributed by atoms with Crippen molar-refractivity contribution in [1.29, 1.82) is 0 Å². The molecule has 0 spiro atoms. The van der Waals surface area contributed by atoms with Crippen molar-refractivity contribution in [3.8, 4) is 0 Å². The Morgan fingerprint density at radius 2 is 1.97 bits per heavy atom. The van der Waals surface area contributed by atoms with Gasteiger partial charge in [-0.25, -0.2) is 9.79 Å². The van der Waals surface area contributed by atoms with E-state index in [4.69, 9.17) is 4.74 Å². The Bertz CT molecular complexity index is 1380. The van der Waals surface area contributed by atoms with E-state index in [9.17, 15) is 9.59 Å². The van der Waals surface area contributed by atoms with Gasteiger partial charge in [0.15, 0.2) is 4.80 Å². The first-order valence-electron chi connectivity index (χ1n) is 11.1. The molecule has 0 amide bonds. The third-order valence-electron chi connectivity index (χ3n) is 5.99. The number of thiophene rings is 1. The number of hydrogen-bond donors (Lipinski definition) is 0. The second kappa shape index (κ2) is 9.11. The third kappa shape index (κ3) is 4.09. The van der Waals surface area contributed by atoms with Gasteiger partial charge in [0.05, 0.1) is 22.4 Å². The van der Waals surface area contributed by atoms with E-state index < -0.39 is 12.0 Å². The second-order valence-corrected chi connectivity index (χ2v) is 10.1. The summed E-state index contributed by atoms with van der Waals surface area (Å²) in [6.07, 6.45) is 4.38. The van der Waals surface area contributed by atoms with Crippen molar-refractivity contribution in [1.82, 2.24) is 4.57 Å². The van der Waals surface area contributed by atoms with E-state index in [1.165, 1.54) is 41.2 Å². The first-order chi connectivity index (χ1) is 16.1. The van der Waals surface area contributed by atoms with Gasteiger partial charge in [-0.1, -0.05) is 29.5 Å². The maximum atomic E-state index is 13.5. The summed E-state index contributed by atoms with van der Waals surface area (Å²) in [4.78, 5) is 34.9. The highest BCUT2D eigenvalue weighted by molar-refractivity contribution is 7.10. The van der Waals surface area contributed by atoms with Crippen molar-refractivity contribution in [2.75, 3.05) is 24.6 Å². The van der Waals surface area contributed by atoms with E-state index in [0.717, 1.165) is 23.5 Å². The number of rotatable bonds is 5. The van der Waals surface area contributed by atoms with Crippen LogP contribution in [0.15, 0.2) is 62.8 Å². The summed E-state index contributed by atoms with van der Waals surface area (Å²) in [7, 11) is 0. The van der Waals surface area contributed by atoms with Gasteiger partial charge in [0.2, 0.25) is 0 Å². The Balaban J connectivity index is 1.58. The van der Waals surface area contributed by atoms with Crippen molar-refractivity contribution in [2.45, 2.75) is 32.7 Å². The van der Waals surface area contributed by atoms with E-state index >= 15 is 0 Å². The lowest BCUT2D eigenvalue weighted by Gasteiger charge is -2.23. The highest BCUT2D eigenvalue weighted by Gasteiger charge is 2.33. The molecule has 2 aromatic heterocycles. The van der Waals surface area contributed by atoms with Crippen molar-refractivity contribution in [3.05, 3.63) is 83.2 Å². The van der Waals surface area contributed by atoms with Gasteiger partial charge >= 0.3 is 5.97 Å². The van der Waals surface area contributed by atoms with Gasteiger partial charge in [0.1, 0.15) is 6.04 Å². The monoisotopic (exact) mass is 479 g/mol. The fourth-order valence-electron chi connectivity index (χ4n) is 4.42. The molecule has 170 valence electrons. The van der Waals surface area contributed by atoms with Crippen LogP contribution in [0.3, 0.4) is 0 Å². The lowest BCUT2D eigenvalue weighted by molar-refractivity contribution is -0.139. The van der Waals surface area contributed by atoms with Crippen molar-refractivity contribution in [2.24, 2.45) is 4.99 Å². The molecule has 1 unspecified atom stereocenters. The number of anilines is 1. The van der Waals surface area contributed by atoms with Crippen LogP contribution in [-0.4, -0.2) is 30.2 Å². The van der Waals surface area contributed by atoms with E-state index in [0.29, 0.717) is 20.6 Å². The summed E-state index contributed by atoms with van der Waals surface area (Å²) in [6, 6.07) is 11.7. The standard InChI is InChI=1S/C25H25N3O3S2/c1-3-31-24(30)21-16(2)26-25-28(22(21)19-7-6-14-32-19)23(29)20(33-25)15-17-8-10-18(11-9-17)27-12-4-5-13-27/h6-11,14-15,22H,3-5,12-13H2,1-2H3/b20-15-. The molecule has 6 nitrogen and oxygen atoms in total. The van der Waals surface area contributed by atoms with Gasteiger partial charge in [0.25, 0.3) is 5.56 Å². The van der Waals surface area contributed by atoms with Gasteiger partial charge < -0.3 is 9.64 Å². The van der Waals surface area contributed by atoms with Gasteiger partial charge in [-0.2, -0.15) is 0 Å². The highest BCUT2D eigenvalue weighted by Crippen LogP contribution is 2.33. The minimum absolute atomic E-state index is 0.143. The summed E-state index contributed by atoms with van der Waals surface area (Å²) >= 11 is 2.87. The molecule has 0 N–H and O–H groups in total. The molecular weight excluding hydrogens is 454 g/mol. The molecule has 1 atom stereocenters. The molecule has 1 fully saturated rings. The number of hydrogen-bond acceptors (Lipinski definition) is 7. The van der Waals surface area contributed by atoms with Crippen LogP contribution in [0, 0.1) is 0 Å². The molecule has 2 aliphatic heterocycles. The molecule has 0 aliphatic carbocycles. The first-order valence-corrected chi connectivity index (χ1v) is 12.8. The summed E-state index contributed by atoms with van der Waals surface area (Å²) < 4.78 is 7.55. The Hall–Kier alpha value is -2.97. The number of carbonyl (C=O) groups is 1. The SMILES string of the molecule is CCOC(=O)C1=C(C)N=c2s/c(=C\c3ccc(N4CCCC4)cc3)c(=O)n2C1c1cccs1. The second-order valence-electron chi connectivity index (χ2n) is 8.10. The van der Waals surface area contributed by atoms with Crippen molar-refractivity contribution >= 4 is 40.4 Å². The number of benzene rings is 1. The zero-order valence-corrected chi connectivity index (χ0v) is 20.2. The molecule has 0 radical (unpaired) electrons. The fraction of sp³-hybridized carbons (Fsp3) is 0.320. The van der Waals surface area contributed by atoms with Crippen LogP contribution in [0.2, 0.25) is 0 Å². The zero-order chi connectivity index (χ0) is 22.9. The van der Waals surface area contributed by atoms with Crippen LogP contribution in [0.1, 0.15) is 43.2 Å². The lowest BCUT2D eigenvalue weighted by atomic mass is 10.0. The van der Waals surface area contributed by atoms with Crippen molar-refractivity contribution in [3.63, 3.8) is 0 Å². The first kappa shape index (κ1) is 21.9. The quantitative estimate of drug-likeness (QED) is 0.526. The topological polar surface area (TPSA) is 63.9 Å². The van der Waals surface area contributed by atoms with E-state index in [1.807, 2.05) is 23.6 Å². The maximum Gasteiger partial charge on any atom is 0.338 e. The average molecular weight is 480 g/mol. The number of carbonyl (C=O) groups excluding carboxylic acids is 1. The van der Waals surface area contributed by atoms with Crippen LogP contribution in [-0.2, 0) is 9.53 Å². The summed E-state index contributed by atoms with van der Waals surface area (Å²) in [6.45, 7) is 6.05. The average Bonchev–Trinajstić information content (AvgIpc) is 3.57. The molecular formula is C25H25N3O3S2. The minimum atomic E-state index is -0.528. The predicted molar refractivity (Wildman–Crippen MR) is 133 cm³/mol. The molecule has 1 saturated heterocycles. The number of esters is 1. The minimum Gasteiger partial charge on any atom is -0.463 e.